The average molecular weight is 337 g/mol. The van der Waals surface area contributed by atoms with Crippen molar-refractivity contribution in [3.8, 4) is 11.3 Å². The van der Waals surface area contributed by atoms with E-state index >= 15 is 0 Å². The van der Waals surface area contributed by atoms with Crippen LogP contribution in [-0.2, 0) is 0 Å². The van der Waals surface area contributed by atoms with Gasteiger partial charge >= 0.3 is 0 Å². The predicted molar refractivity (Wildman–Crippen MR) is 94.5 cm³/mol. The highest BCUT2D eigenvalue weighted by molar-refractivity contribution is 7.17. The number of aromatic nitrogens is 2. The quantitative estimate of drug-likeness (QED) is 0.731. The number of thiazole rings is 1. The number of Topliss-reactive ketones (excluding diaryl/α,β-unsaturated/α-hetero) is 1. The van der Waals surface area contributed by atoms with Crippen molar-refractivity contribution in [3.05, 3.63) is 64.8 Å². The summed E-state index contributed by atoms with van der Waals surface area (Å²) in [6.45, 7) is 3.26. The van der Waals surface area contributed by atoms with E-state index in [-0.39, 0.29) is 11.7 Å². The van der Waals surface area contributed by atoms with Gasteiger partial charge in [0, 0.05) is 12.5 Å². The van der Waals surface area contributed by atoms with Crippen LogP contribution in [0.4, 0.5) is 5.13 Å². The fourth-order valence-electron chi connectivity index (χ4n) is 2.23. The maximum Gasteiger partial charge on any atom is 0.259 e. The van der Waals surface area contributed by atoms with Gasteiger partial charge in [0.05, 0.1) is 28.0 Å². The lowest BCUT2D eigenvalue weighted by molar-refractivity contribution is 0.101. The fourth-order valence-corrected chi connectivity index (χ4v) is 2.94. The second-order valence-electron chi connectivity index (χ2n) is 5.24. The lowest BCUT2D eigenvalue weighted by atomic mass is 10.1. The van der Waals surface area contributed by atoms with E-state index in [0.717, 1.165) is 22.6 Å². The minimum atomic E-state index is -0.288. The number of amides is 1. The molecule has 0 aliphatic rings. The van der Waals surface area contributed by atoms with Crippen LogP contribution < -0.4 is 5.32 Å². The number of rotatable bonds is 4. The number of carbonyl (C=O) groups is 2. The number of hydrogen-bond acceptors (Lipinski definition) is 5. The highest BCUT2D eigenvalue weighted by Crippen LogP contribution is 2.21. The van der Waals surface area contributed by atoms with E-state index in [0.29, 0.717) is 21.3 Å². The Morgan fingerprint density at radius 2 is 1.83 bits per heavy atom. The van der Waals surface area contributed by atoms with Crippen molar-refractivity contribution in [2.45, 2.75) is 13.8 Å². The summed E-state index contributed by atoms with van der Waals surface area (Å²) in [5, 5.41) is 3.11. The Bertz CT molecular complexity index is 904. The van der Waals surface area contributed by atoms with Gasteiger partial charge in [-0.25, -0.2) is 4.98 Å². The Labute approximate surface area is 143 Å². The monoisotopic (exact) mass is 337 g/mol. The Balaban J connectivity index is 1.81. The summed E-state index contributed by atoms with van der Waals surface area (Å²) in [5.74, 6) is -0.359. The first-order chi connectivity index (χ1) is 11.5. The average Bonchev–Trinajstić information content (AvgIpc) is 3.04. The normalized spacial score (nSPS) is 10.4. The van der Waals surface area contributed by atoms with Crippen molar-refractivity contribution in [1.82, 2.24) is 9.97 Å². The van der Waals surface area contributed by atoms with Crippen LogP contribution in [0.2, 0.25) is 0 Å². The first kappa shape index (κ1) is 16.0. The second kappa shape index (κ2) is 6.72. The molecule has 24 heavy (non-hydrogen) atoms. The Morgan fingerprint density at radius 1 is 1.08 bits per heavy atom. The first-order valence-electron chi connectivity index (χ1n) is 7.36. The molecular formula is C18H15N3O2S. The molecule has 0 atom stereocenters. The van der Waals surface area contributed by atoms with Crippen LogP contribution in [0.5, 0.6) is 0 Å². The van der Waals surface area contributed by atoms with Crippen molar-refractivity contribution < 1.29 is 9.59 Å². The Morgan fingerprint density at radius 3 is 2.46 bits per heavy atom. The number of hydrogen-bond donors (Lipinski definition) is 1. The van der Waals surface area contributed by atoms with Crippen LogP contribution in [0, 0.1) is 6.92 Å². The molecule has 120 valence electrons. The highest BCUT2D eigenvalue weighted by Gasteiger charge is 2.14. The van der Waals surface area contributed by atoms with Gasteiger partial charge in [-0.15, -0.1) is 0 Å². The van der Waals surface area contributed by atoms with Crippen LogP contribution in [0.1, 0.15) is 32.6 Å². The van der Waals surface area contributed by atoms with Crippen LogP contribution in [0.15, 0.2) is 48.7 Å². The van der Waals surface area contributed by atoms with E-state index in [1.165, 1.54) is 13.1 Å². The van der Waals surface area contributed by atoms with E-state index < -0.39 is 0 Å². The molecule has 0 saturated carbocycles. The van der Waals surface area contributed by atoms with Crippen LogP contribution in [0.3, 0.4) is 0 Å². The number of anilines is 1. The summed E-state index contributed by atoms with van der Waals surface area (Å²) in [6.07, 6.45) is 1.46. The minimum absolute atomic E-state index is 0.0712. The fraction of sp³-hybridized carbons (Fsp3) is 0.111. The van der Waals surface area contributed by atoms with Crippen molar-refractivity contribution in [2.24, 2.45) is 0 Å². The van der Waals surface area contributed by atoms with E-state index in [2.05, 4.69) is 15.3 Å². The number of carbonyl (C=O) groups excluding carboxylic acids is 2. The lowest BCUT2D eigenvalue weighted by Crippen LogP contribution is -2.14. The summed E-state index contributed by atoms with van der Waals surface area (Å²) < 4.78 is 0. The molecule has 0 saturated heterocycles. The van der Waals surface area contributed by atoms with Gasteiger partial charge < -0.3 is 0 Å². The van der Waals surface area contributed by atoms with Gasteiger partial charge in [-0.2, -0.15) is 0 Å². The minimum Gasteiger partial charge on any atom is -0.298 e. The molecule has 0 fully saturated rings. The van der Waals surface area contributed by atoms with E-state index in [1.807, 2.05) is 36.4 Å². The highest BCUT2D eigenvalue weighted by atomic mass is 32.1. The standard InChI is InChI=1S/C18H15N3O2S/c1-11-14(8-9-15(20-11)13-6-4-3-5-7-13)17(23)21-18-19-10-16(24-18)12(2)22/h3-10H,1-2H3,(H,19,21,23). The Hall–Kier alpha value is -2.86. The molecule has 3 aromatic rings. The van der Waals surface area contributed by atoms with E-state index in [4.69, 9.17) is 0 Å². The van der Waals surface area contributed by atoms with E-state index in [9.17, 15) is 9.59 Å². The molecule has 0 spiro atoms. The summed E-state index contributed by atoms with van der Waals surface area (Å²) in [7, 11) is 0. The molecule has 0 bridgehead atoms. The van der Waals surface area contributed by atoms with Crippen LogP contribution >= 0.6 is 11.3 Å². The van der Waals surface area contributed by atoms with Gasteiger partial charge in [0.15, 0.2) is 10.9 Å². The summed E-state index contributed by atoms with van der Waals surface area (Å²) in [6, 6.07) is 13.4. The molecule has 1 N–H and O–H groups in total. The Kier molecular flexibility index (Phi) is 4.48. The number of ketones is 1. The second-order valence-corrected chi connectivity index (χ2v) is 6.27. The topological polar surface area (TPSA) is 72.0 Å². The lowest BCUT2D eigenvalue weighted by Gasteiger charge is -2.07. The third-order valence-corrected chi connectivity index (χ3v) is 4.49. The van der Waals surface area contributed by atoms with Crippen molar-refractivity contribution in [3.63, 3.8) is 0 Å². The maximum atomic E-state index is 12.4. The number of aryl methyl sites for hydroxylation is 1. The van der Waals surface area contributed by atoms with Crippen molar-refractivity contribution in [2.75, 3.05) is 5.32 Å². The molecule has 1 amide bonds. The molecule has 0 aliphatic heterocycles. The van der Waals surface area contributed by atoms with E-state index in [1.54, 1.807) is 13.0 Å². The zero-order valence-corrected chi connectivity index (χ0v) is 14.1. The SMILES string of the molecule is CC(=O)c1cnc(NC(=O)c2ccc(-c3ccccc3)nc2C)s1. The maximum absolute atomic E-state index is 12.4. The number of nitrogens with zero attached hydrogens (tertiary/aromatic N) is 2. The van der Waals surface area contributed by atoms with Crippen LogP contribution in [0.25, 0.3) is 11.3 Å². The first-order valence-corrected chi connectivity index (χ1v) is 8.17. The van der Waals surface area contributed by atoms with Gasteiger partial charge in [0.2, 0.25) is 0 Å². The molecule has 2 aromatic heterocycles. The smallest absolute Gasteiger partial charge is 0.259 e. The van der Waals surface area contributed by atoms with Gasteiger partial charge in [-0.05, 0) is 19.1 Å². The summed E-state index contributed by atoms with van der Waals surface area (Å²) >= 11 is 1.16. The zero-order chi connectivity index (χ0) is 17.1. The van der Waals surface area contributed by atoms with Gasteiger partial charge in [-0.1, -0.05) is 41.7 Å². The number of benzene rings is 1. The van der Waals surface area contributed by atoms with Crippen molar-refractivity contribution in [1.29, 1.82) is 0 Å². The summed E-state index contributed by atoms with van der Waals surface area (Å²) in [4.78, 5) is 32.7. The summed E-state index contributed by atoms with van der Waals surface area (Å²) in [5.41, 5.74) is 2.93. The molecular weight excluding hydrogens is 322 g/mol. The molecule has 0 aliphatic carbocycles. The number of pyridine rings is 1. The molecule has 0 unspecified atom stereocenters. The predicted octanol–water partition coefficient (Wildman–Crippen LogP) is 3.97. The molecule has 5 nitrogen and oxygen atoms in total. The van der Waals surface area contributed by atoms with Gasteiger partial charge in [0.1, 0.15) is 0 Å². The molecule has 2 heterocycles. The number of nitrogens with one attached hydrogen (secondary N) is 1. The van der Waals surface area contributed by atoms with Crippen LogP contribution in [-0.4, -0.2) is 21.7 Å². The zero-order valence-electron chi connectivity index (χ0n) is 13.2. The molecule has 6 heteroatoms. The van der Waals surface area contributed by atoms with Gasteiger partial charge in [-0.3, -0.25) is 19.9 Å². The largest absolute Gasteiger partial charge is 0.298 e. The third kappa shape index (κ3) is 3.38. The molecule has 3 rings (SSSR count). The van der Waals surface area contributed by atoms with Gasteiger partial charge in [0.25, 0.3) is 5.91 Å². The molecule has 1 aromatic carbocycles. The third-order valence-electron chi connectivity index (χ3n) is 3.47. The molecule has 0 radical (unpaired) electrons. The van der Waals surface area contributed by atoms with Crippen molar-refractivity contribution >= 4 is 28.2 Å².